The number of rotatable bonds is 4. The van der Waals surface area contributed by atoms with E-state index in [0.717, 1.165) is 48.5 Å². The second-order valence-corrected chi connectivity index (χ2v) is 8.42. The van der Waals surface area contributed by atoms with E-state index < -0.39 is 0 Å². The normalized spacial score (nSPS) is 23.2. The van der Waals surface area contributed by atoms with Crippen LogP contribution in [0.15, 0.2) is 54.9 Å². The first-order valence-corrected chi connectivity index (χ1v) is 11.1. The van der Waals surface area contributed by atoms with E-state index in [0.29, 0.717) is 5.69 Å². The number of hydrazine groups is 1. The van der Waals surface area contributed by atoms with Crippen molar-refractivity contribution in [1.29, 1.82) is 0 Å². The molecule has 1 aromatic carbocycles. The molecule has 5 rings (SSSR count). The zero-order valence-corrected chi connectivity index (χ0v) is 17.7. The van der Waals surface area contributed by atoms with Crippen molar-refractivity contribution in [2.24, 2.45) is 5.92 Å². The lowest BCUT2D eigenvalue weighted by Gasteiger charge is -2.19. The van der Waals surface area contributed by atoms with Crippen LogP contribution in [-0.2, 0) is 13.0 Å². The molecule has 2 aliphatic heterocycles. The highest BCUT2D eigenvalue weighted by Gasteiger charge is 2.35. The number of nitrogens with one attached hydrogen (secondary N) is 3. The number of carbonyl (C=O) groups excluding carboxylic acids is 1. The van der Waals surface area contributed by atoms with Gasteiger partial charge < -0.3 is 9.88 Å². The van der Waals surface area contributed by atoms with Gasteiger partial charge in [0.05, 0.1) is 17.9 Å². The summed E-state index contributed by atoms with van der Waals surface area (Å²) >= 11 is 0. The number of aromatic nitrogens is 3. The quantitative estimate of drug-likeness (QED) is 0.608. The Kier molecular flexibility index (Phi) is 5.53. The van der Waals surface area contributed by atoms with Gasteiger partial charge in [-0.3, -0.25) is 9.78 Å². The van der Waals surface area contributed by atoms with Crippen LogP contribution in [0.4, 0.5) is 0 Å². The third-order valence-electron chi connectivity index (χ3n) is 6.41. The smallest absolute Gasteiger partial charge is 0.273 e. The fraction of sp³-hybridized carbons (Fsp3) is 0.375. The van der Waals surface area contributed by atoms with E-state index in [1.807, 2.05) is 30.3 Å². The van der Waals surface area contributed by atoms with Gasteiger partial charge >= 0.3 is 0 Å². The summed E-state index contributed by atoms with van der Waals surface area (Å²) in [6.07, 6.45) is 7.66. The van der Waals surface area contributed by atoms with Crippen molar-refractivity contribution < 1.29 is 4.79 Å². The van der Waals surface area contributed by atoms with E-state index in [4.69, 9.17) is 4.98 Å². The average Bonchev–Trinajstić information content (AvgIpc) is 3.25. The van der Waals surface area contributed by atoms with E-state index >= 15 is 0 Å². The predicted octanol–water partition coefficient (Wildman–Crippen LogP) is 3.21. The first-order valence-electron chi connectivity index (χ1n) is 11.1. The van der Waals surface area contributed by atoms with E-state index in [1.54, 1.807) is 12.4 Å². The number of hydrogen-bond donors (Lipinski definition) is 3. The summed E-state index contributed by atoms with van der Waals surface area (Å²) in [5.74, 6) is 0.943. The summed E-state index contributed by atoms with van der Waals surface area (Å²) in [5, 5.41) is 3.18. The summed E-state index contributed by atoms with van der Waals surface area (Å²) in [6, 6.07) is 14.3. The third kappa shape index (κ3) is 3.86. The van der Waals surface area contributed by atoms with E-state index in [9.17, 15) is 4.79 Å². The summed E-state index contributed by atoms with van der Waals surface area (Å²) in [7, 11) is 0. The molecule has 0 radical (unpaired) electrons. The van der Waals surface area contributed by atoms with Gasteiger partial charge in [-0.2, -0.15) is 0 Å². The molecule has 0 spiro atoms. The molecule has 1 saturated heterocycles. The molecule has 31 heavy (non-hydrogen) atoms. The highest BCUT2D eigenvalue weighted by molar-refractivity contribution is 5.94. The van der Waals surface area contributed by atoms with E-state index in [-0.39, 0.29) is 24.0 Å². The van der Waals surface area contributed by atoms with Crippen LogP contribution in [0.5, 0.6) is 0 Å². The summed E-state index contributed by atoms with van der Waals surface area (Å²) < 4.78 is 2.25. The van der Waals surface area contributed by atoms with Gasteiger partial charge in [-0.1, -0.05) is 43.7 Å². The molecule has 1 amide bonds. The number of pyridine rings is 1. The summed E-state index contributed by atoms with van der Waals surface area (Å²) in [4.78, 5) is 22.3. The Morgan fingerprint density at radius 2 is 1.87 bits per heavy atom. The molecular weight excluding hydrogens is 388 g/mol. The molecule has 4 heterocycles. The first-order chi connectivity index (χ1) is 15.2. The maximum Gasteiger partial charge on any atom is 0.273 e. The topological polar surface area (TPSA) is 83.9 Å². The second kappa shape index (κ2) is 8.61. The molecule has 3 N–H and O–H groups in total. The van der Waals surface area contributed by atoms with Gasteiger partial charge in [0.1, 0.15) is 11.5 Å². The third-order valence-corrected chi connectivity index (χ3v) is 6.41. The van der Waals surface area contributed by atoms with Crippen molar-refractivity contribution in [3.63, 3.8) is 0 Å². The van der Waals surface area contributed by atoms with Crippen molar-refractivity contribution >= 4 is 5.91 Å². The largest absolute Gasteiger partial charge is 0.334 e. The Hall–Kier alpha value is -3.03. The van der Waals surface area contributed by atoms with Crippen LogP contribution in [0.2, 0.25) is 0 Å². The van der Waals surface area contributed by atoms with Gasteiger partial charge in [-0.15, -0.1) is 0 Å². The van der Waals surface area contributed by atoms with Gasteiger partial charge in [0.15, 0.2) is 0 Å². The molecule has 2 aromatic heterocycles. The van der Waals surface area contributed by atoms with Gasteiger partial charge in [-0.25, -0.2) is 15.8 Å². The zero-order chi connectivity index (χ0) is 21.2. The lowest BCUT2D eigenvalue weighted by Crippen LogP contribution is -2.46. The van der Waals surface area contributed by atoms with Crippen molar-refractivity contribution in [3.8, 4) is 11.4 Å². The Labute approximate surface area is 182 Å². The standard InChI is InChI=1S/C24H28N6O/c1-16-20(17-11-13-25-14-12-17)28-29-22(16)27-24(31)21-19-10-6-3-7-15-30(19)23(26-21)18-8-4-2-5-9-18/h2,4-5,8-9,11-14,16,20,22,28-29H,3,6-7,10,15H2,1H3,(H,27,31). The van der Waals surface area contributed by atoms with Crippen LogP contribution in [0.25, 0.3) is 11.4 Å². The highest BCUT2D eigenvalue weighted by atomic mass is 16.2. The van der Waals surface area contributed by atoms with Crippen LogP contribution in [0, 0.1) is 5.92 Å². The molecule has 0 aliphatic carbocycles. The number of imidazole rings is 1. The SMILES string of the molecule is CC1C(NC(=O)c2nc(-c3ccccc3)n3c2CCCCC3)NNC1c1ccncc1. The van der Waals surface area contributed by atoms with Crippen LogP contribution < -0.4 is 16.2 Å². The number of nitrogens with zero attached hydrogens (tertiary/aromatic N) is 3. The molecule has 3 atom stereocenters. The molecule has 3 aromatic rings. The molecule has 160 valence electrons. The molecule has 0 saturated carbocycles. The summed E-state index contributed by atoms with van der Waals surface area (Å²) in [5.41, 5.74) is 10.4. The lowest BCUT2D eigenvalue weighted by molar-refractivity contribution is 0.0917. The Balaban J connectivity index is 1.40. The van der Waals surface area contributed by atoms with Gasteiger partial charge in [0, 0.05) is 30.4 Å². The predicted molar refractivity (Wildman–Crippen MR) is 119 cm³/mol. The van der Waals surface area contributed by atoms with Crippen LogP contribution >= 0.6 is 0 Å². The minimum Gasteiger partial charge on any atom is -0.334 e. The molecular formula is C24H28N6O. The molecule has 2 aliphatic rings. The van der Waals surface area contributed by atoms with Crippen LogP contribution in [0.3, 0.4) is 0 Å². The minimum absolute atomic E-state index is 0.104. The van der Waals surface area contributed by atoms with E-state index in [1.165, 1.54) is 6.42 Å². The molecule has 1 fully saturated rings. The van der Waals surface area contributed by atoms with Crippen molar-refractivity contribution in [3.05, 3.63) is 71.8 Å². The Bertz CT molecular complexity index is 1050. The van der Waals surface area contributed by atoms with Crippen molar-refractivity contribution in [2.45, 2.75) is 51.4 Å². The lowest BCUT2D eigenvalue weighted by atomic mass is 9.95. The average molecular weight is 417 g/mol. The maximum absolute atomic E-state index is 13.4. The molecule has 3 unspecified atom stereocenters. The fourth-order valence-electron chi connectivity index (χ4n) is 4.68. The Morgan fingerprint density at radius 1 is 1.06 bits per heavy atom. The number of hydrogen-bond acceptors (Lipinski definition) is 5. The minimum atomic E-state index is -0.186. The summed E-state index contributed by atoms with van der Waals surface area (Å²) in [6.45, 7) is 3.04. The van der Waals surface area contributed by atoms with Crippen LogP contribution in [0.1, 0.15) is 54.0 Å². The van der Waals surface area contributed by atoms with Gasteiger partial charge in [0.2, 0.25) is 0 Å². The van der Waals surface area contributed by atoms with Crippen molar-refractivity contribution in [2.75, 3.05) is 0 Å². The highest BCUT2D eigenvalue weighted by Crippen LogP contribution is 2.29. The maximum atomic E-state index is 13.4. The molecule has 0 bridgehead atoms. The monoisotopic (exact) mass is 416 g/mol. The number of amides is 1. The molecule has 7 nitrogen and oxygen atoms in total. The fourth-order valence-corrected chi connectivity index (χ4v) is 4.68. The Morgan fingerprint density at radius 3 is 2.68 bits per heavy atom. The number of carbonyl (C=O) groups is 1. The second-order valence-electron chi connectivity index (χ2n) is 8.42. The van der Waals surface area contributed by atoms with E-state index in [2.05, 4.69) is 44.8 Å². The first kappa shape index (κ1) is 19.9. The number of benzene rings is 1. The van der Waals surface area contributed by atoms with Crippen molar-refractivity contribution in [1.82, 2.24) is 30.7 Å². The number of fused-ring (bicyclic) bond motifs is 1. The van der Waals surface area contributed by atoms with Gasteiger partial charge in [0.25, 0.3) is 5.91 Å². The van der Waals surface area contributed by atoms with Crippen LogP contribution in [-0.4, -0.2) is 26.6 Å². The van der Waals surface area contributed by atoms with Gasteiger partial charge in [-0.05, 0) is 37.0 Å². The zero-order valence-electron chi connectivity index (χ0n) is 17.7. The molecule has 7 heteroatoms.